The molecule has 0 radical (unpaired) electrons. The summed E-state index contributed by atoms with van der Waals surface area (Å²) in [6.07, 6.45) is 1.17. The number of hydrogen-bond donors (Lipinski definition) is 0. The molecule has 1 atom stereocenters. The van der Waals surface area contributed by atoms with Gasteiger partial charge in [0.15, 0.2) is 9.84 Å². The van der Waals surface area contributed by atoms with Crippen molar-refractivity contribution in [2.45, 2.75) is 31.7 Å². The third-order valence-electron chi connectivity index (χ3n) is 3.96. The molecule has 0 aliphatic rings. The van der Waals surface area contributed by atoms with Crippen LogP contribution in [0.4, 0.5) is 0 Å². The number of rotatable bonds is 4. The molecule has 0 aliphatic carbocycles. The van der Waals surface area contributed by atoms with Gasteiger partial charge in [0.2, 0.25) is 0 Å². The van der Waals surface area contributed by atoms with Crippen molar-refractivity contribution in [2.24, 2.45) is 0 Å². The van der Waals surface area contributed by atoms with Gasteiger partial charge in [0.1, 0.15) is 11.5 Å². The Morgan fingerprint density at radius 2 is 1.74 bits per heavy atom. The molecule has 6 heteroatoms. The van der Waals surface area contributed by atoms with Crippen molar-refractivity contribution in [2.75, 3.05) is 13.3 Å². The number of amides is 1. The number of carbonyl (C=O) groups excluding carboxylic acids is 1. The van der Waals surface area contributed by atoms with E-state index in [-0.39, 0.29) is 16.8 Å². The van der Waals surface area contributed by atoms with Gasteiger partial charge < -0.3 is 9.32 Å². The van der Waals surface area contributed by atoms with E-state index in [1.165, 1.54) is 6.26 Å². The largest absolute Gasteiger partial charge is 0.466 e. The Kier molecular flexibility index (Phi) is 4.66. The van der Waals surface area contributed by atoms with E-state index in [1.54, 1.807) is 56.1 Å². The summed E-state index contributed by atoms with van der Waals surface area (Å²) in [5.74, 6) is 1.17. The van der Waals surface area contributed by atoms with Crippen molar-refractivity contribution in [3.8, 4) is 0 Å². The standard InChI is InChI=1S/C17H21NO4S/c1-11-10-16(13(3)22-11)17(19)18(4)12(2)14-6-8-15(9-7-14)23(5,20)21/h6-10,12H,1-5H3. The zero-order valence-corrected chi connectivity index (χ0v) is 14.8. The molecule has 0 saturated carbocycles. The topological polar surface area (TPSA) is 67.6 Å². The maximum atomic E-state index is 12.6. The SMILES string of the molecule is Cc1cc(C(=O)N(C)C(C)c2ccc(S(C)(=O)=O)cc2)c(C)o1. The number of nitrogens with zero attached hydrogens (tertiary/aromatic N) is 1. The van der Waals surface area contributed by atoms with Crippen molar-refractivity contribution >= 4 is 15.7 Å². The zero-order chi connectivity index (χ0) is 17.4. The molecule has 1 unspecified atom stereocenters. The third kappa shape index (κ3) is 3.64. The smallest absolute Gasteiger partial charge is 0.257 e. The molecule has 0 spiro atoms. The number of furan rings is 1. The van der Waals surface area contributed by atoms with Gasteiger partial charge in [0, 0.05) is 13.3 Å². The van der Waals surface area contributed by atoms with Crippen LogP contribution in [-0.2, 0) is 9.84 Å². The lowest BCUT2D eigenvalue weighted by molar-refractivity contribution is 0.0741. The Bertz CT molecular complexity index is 819. The van der Waals surface area contributed by atoms with Gasteiger partial charge in [-0.15, -0.1) is 0 Å². The van der Waals surface area contributed by atoms with Crippen LogP contribution in [-0.4, -0.2) is 32.5 Å². The molecular formula is C17H21NO4S. The fourth-order valence-electron chi connectivity index (χ4n) is 2.43. The molecule has 2 rings (SSSR count). The molecular weight excluding hydrogens is 314 g/mol. The number of aryl methyl sites for hydroxylation is 2. The van der Waals surface area contributed by atoms with E-state index in [0.29, 0.717) is 17.1 Å². The summed E-state index contributed by atoms with van der Waals surface area (Å²) in [4.78, 5) is 14.5. The van der Waals surface area contributed by atoms with Crippen LogP contribution in [0.5, 0.6) is 0 Å². The molecule has 5 nitrogen and oxygen atoms in total. The van der Waals surface area contributed by atoms with Crippen molar-refractivity contribution in [3.63, 3.8) is 0 Å². The Hall–Kier alpha value is -2.08. The first-order chi connectivity index (χ1) is 10.6. The zero-order valence-electron chi connectivity index (χ0n) is 14.0. The van der Waals surface area contributed by atoms with Crippen LogP contribution in [0.25, 0.3) is 0 Å². The minimum absolute atomic E-state index is 0.126. The fraction of sp³-hybridized carbons (Fsp3) is 0.353. The monoisotopic (exact) mass is 335 g/mol. The average Bonchev–Trinajstić information content (AvgIpc) is 2.83. The lowest BCUT2D eigenvalue weighted by Crippen LogP contribution is -2.29. The van der Waals surface area contributed by atoms with Gasteiger partial charge in [0.05, 0.1) is 16.5 Å². The van der Waals surface area contributed by atoms with Gasteiger partial charge in [-0.05, 0) is 44.5 Å². The van der Waals surface area contributed by atoms with E-state index in [1.807, 2.05) is 6.92 Å². The van der Waals surface area contributed by atoms with Gasteiger partial charge >= 0.3 is 0 Å². The van der Waals surface area contributed by atoms with Crippen molar-refractivity contribution < 1.29 is 17.6 Å². The summed E-state index contributed by atoms with van der Waals surface area (Å²) in [5.41, 5.74) is 1.41. The van der Waals surface area contributed by atoms with Crippen molar-refractivity contribution in [1.82, 2.24) is 4.90 Å². The molecule has 124 valence electrons. The molecule has 1 amide bonds. The Balaban J connectivity index is 2.24. The van der Waals surface area contributed by atoms with Gasteiger partial charge in [-0.25, -0.2) is 8.42 Å². The molecule has 0 fully saturated rings. The first-order valence-electron chi connectivity index (χ1n) is 7.25. The summed E-state index contributed by atoms with van der Waals surface area (Å²) in [5, 5.41) is 0. The minimum atomic E-state index is -3.22. The van der Waals surface area contributed by atoms with Gasteiger partial charge in [-0.2, -0.15) is 0 Å². The molecule has 2 aromatic rings. The second-order valence-corrected chi connectivity index (χ2v) is 7.78. The fourth-order valence-corrected chi connectivity index (χ4v) is 3.06. The molecule has 0 N–H and O–H groups in total. The summed E-state index contributed by atoms with van der Waals surface area (Å²) in [6.45, 7) is 5.46. The van der Waals surface area contributed by atoms with Gasteiger partial charge in [-0.1, -0.05) is 12.1 Å². The molecule has 0 bridgehead atoms. The first-order valence-corrected chi connectivity index (χ1v) is 9.14. The highest BCUT2D eigenvalue weighted by atomic mass is 32.2. The van der Waals surface area contributed by atoms with Crippen LogP contribution < -0.4 is 0 Å². The second-order valence-electron chi connectivity index (χ2n) is 5.76. The van der Waals surface area contributed by atoms with Gasteiger partial charge in [0.25, 0.3) is 5.91 Å². The molecule has 0 aliphatic heterocycles. The second kappa shape index (κ2) is 6.20. The quantitative estimate of drug-likeness (QED) is 0.861. The van der Waals surface area contributed by atoms with E-state index in [2.05, 4.69) is 0 Å². The molecule has 0 saturated heterocycles. The highest BCUT2D eigenvalue weighted by Gasteiger charge is 2.22. The maximum Gasteiger partial charge on any atom is 0.257 e. The van der Waals surface area contributed by atoms with E-state index in [4.69, 9.17) is 4.42 Å². The van der Waals surface area contributed by atoms with E-state index < -0.39 is 9.84 Å². The summed E-state index contributed by atoms with van der Waals surface area (Å²) < 4.78 is 28.4. The molecule has 1 heterocycles. The lowest BCUT2D eigenvalue weighted by atomic mass is 10.1. The Morgan fingerprint density at radius 3 is 2.17 bits per heavy atom. The maximum absolute atomic E-state index is 12.6. The summed E-state index contributed by atoms with van der Waals surface area (Å²) in [7, 11) is -1.50. The van der Waals surface area contributed by atoms with Crippen LogP contribution in [0.15, 0.2) is 39.6 Å². The van der Waals surface area contributed by atoms with Crippen molar-refractivity contribution in [1.29, 1.82) is 0 Å². The Morgan fingerprint density at radius 1 is 1.17 bits per heavy atom. The molecule has 23 heavy (non-hydrogen) atoms. The highest BCUT2D eigenvalue weighted by molar-refractivity contribution is 7.90. The number of hydrogen-bond acceptors (Lipinski definition) is 4. The van der Waals surface area contributed by atoms with Crippen LogP contribution >= 0.6 is 0 Å². The van der Waals surface area contributed by atoms with Crippen molar-refractivity contribution in [3.05, 3.63) is 53.0 Å². The van der Waals surface area contributed by atoms with Crippen LogP contribution in [0, 0.1) is 13.8 Å². The molecule has 1 aromatic heterocycles. The van der Waals surface area contributed by atoms with Crippen LogP contribution in [0.2, 0.25) is 0 Å². The first kappa shape index (κ1) is 17.3. The molecule has 1 aromatic carbocycles. The summed E-state index contributed by atoms with van der Waals surface area (Å²) >= 11 is 0. The number of carbonyl (C=O) groups is 1. The number of benzene rings is 1. The number of sulfone groups is 1. The lowest BCUT2D eigenvalue weighted by Gasteiger charge is -2.25. The van der Waals surface area contributed by atoms with E-state index in [0.717, 1.165) is 5.56 Å². The average molecular weight is 335 g/mol. The predicted octanol–water partition coefficient (Wildman–Crippen LogP) is 3.13. The van der Waals surface area contributed by atoms with E-state index >= 15 is 0 Å². The minimum Gasteiger partial charge on any atom is -0.466 e. The predicted molar refractivity (Wildman–Crippen MR) is 88.2 cm³/mol. The van der Waals surface area contributed by atoms with E-state index in [9.17, 15) is 13.2 Å². The van der Waals surface area contributed by atoms with Gasteiger partial charge in [-0.3, -0.25) is 4.79 Å². The summed E-state index contributed by atoms with van der Waals surface area (Å²) in [6, 6.07) is 8.13. The normalized spacial score (nSPS) is 12.9. The third-order valence-corrected chi connectivity index (χ3v) is 5.09. The Labute approximate surface area is 136 Å². The van der Waals surface area contributed by atoms with Crippen LogP contribution in [0.3, 0.4) is 0 Å². The van der Waals surface area contributed by atoms with Crippen LogP contribution in [0.1, 0.15) is 40.4 Å². The highest BCUT2D eigenvalue weighted by Crippen LogP contribution is 2.24.